The number of carbonyl (C=O) groups excluding carboxylic acids is 1. The van der Waals surface area contributed by atoms with Crippen molar-refractivity contribution in [1.29, 1.82) is 0 Å². The zero-order valence-corrected chi connectivity index (χ0v) is 17.2. The molecule has 4 rings (SSSR count). The van der Waals surface area contributed by atoms with Crippen LogP contribution in [0.4, 0.5) is 0 Å². The highest BCUT2D eigenvalue weighted by Gasteiger charge is 2.18. The van der Waals surface area contributed by atoms with Crippen LogP contribution in [0.2, 0.25) is 0 Å². The van der Waals surface area contributed by atoms with Gasteiger partial charge in [0.15, 0.2) is 5.69 Å². The molecule has 1 saturated heterocycles. The number of nitrogens with one attached hydrogen (secondary N) is 2. The highest BCUT2D eigenvalue weighted by molar-refractivity contribution is 5.91. The second kappa shape index (κ2) is 10.5. The van der Waals surface area contributed by atoms with E-state index in [4.69, 9.17) is 0 Å². The zero-order valence-electron chi connectivity index (χ0n) is 15.6. The fourth-order valence-electron chi connectivity index (χ4n) is 3.51. The van der Waals surface area contributed by atoms with E-state index < -0.39 is 0 Å². The summed E-state index contributed by atoms with van der Waals surface area (Å²) < 4.78 is 4.05. The number of rotatable bonds is 6. The predicted octanol–water partition coefficient (Wildman–Crippen LogP) is 2.82. The standard InChI is InChI=1S/C19H24N6O.2ClH/c26-19(17-14-25(23-22-17)16-6-10-20-11-7-16)21-9-3-12-24-13-8-15-4-1-2-5-18(15)24;;/h1-2,4-5,8,13-14,16,20H,3,6-7,9-12H2,(H,21,26);2*1H. The normalized spacial score (nSPS) is 14.3. The van der Waals surface area contributed by atoms with Crippen molar-refractivity contribution >= 4 is 41.6 Å². The van der Waals surface area contributed by atoms with Gasteiger partial charge in [0.1, 0.15) is 0 Å². The number of benzene rings is 1. The molecule has 3 heterocycles. The van der Waals surface area contributed by atoms with Gasteiger partial charge in [0.2, 0.25) is 0 Å². The van der Waals surface area contributed by atoms with Crippen molar-refractivity contribution in [3.05, 3.63) is 48.4 Å². The molecular formula is C19H26Cl2N6O. The van der Waals surface area contributed by atoms with E-state index in [2.05, 4.69) is 49.9 Å². The van der Waals surface area contributed by atoms with Crippen LogP contribution >= 0.6 is 24.8 Å². The quantitative estimate of drug-likeness (QED) is 0.596. The lowest BCUT2D eigenvalue weighted by Gasteiger charge is -2.22. The van der Waals surface area contributed by atoms with Crippen LogP contribution in [0, 0.1) is 0 Å². The van der Waals surface area contributed by atoms with E-state index in [0.717, 1.165) is 38.9 Å². The molecule has 9 heteroatoms. The minimum Gasteiger partial charge on any atom is -0.351 e. The summed E-state index contributed by atoms with van der Waals surface area (Å²) in [5.41, 5.74) is 1.62. The topological polar surface area (TPSA) is 76.8 Å². The van der Waals surface area contributed by atoms with Gasteiger partial charge < -0.3 is 15.2 Å². The molecule has 0 spiro atoms. The molecular weight excluding hydrogens is 399 g/mol. The van der Waals surface area contributed by atoms with Crippen molar-refractivity contribution in [3.63, 3.8) is 0 Å². The van der Waals surface area contributed by atoms with Crippen molar-refractivity contribution in [1.82, 2.24) is 30.2 Å². The van der Waals surface area contributed by atoms with Gasteiger partial charge >= 0.3 is 0 Å². The first-order chi connectivity index (χ1) is 12.8. The number of halogens is 2. The Balaban J connectivity index is 0.00000140. The smallest absolute Gasteiger partial charge is 0.273 e. The van der Waals surface area contributed by atoms with Crippen LogP contribution in [-0.2, 0) is 6.54 Å². The van der Waals surface area contributed by atoms with Gasteiger partial charge in [0.25, 0.3) is 5.91 Å². The van der Waals surface area contributed by atoms with Gasteiger partial charge in [0.05, 0.1) is 12.2 Å². The van der Waals surface area contributed by atoms with Crippen LogP contribution in [0.1, 0.15) is 35.8 Å². The zero-order chi connectivity index (χ0) is 17.8. The second-order valence-electron chi connectivity index (χ2n) is 6.74. The first-order valence-corrected chi connectivity index (χ1v) is 9.26. The van der Waals surface area contributed by atoms with Crippen LogP contribution in [0.15, 0.2) is 42.7 Å². The molecule has 0 aliphatic carbocycles. The van der Waals surface area contributed by atoms with Gasteiger partial charge in [-0.1, -0.05) is 23.4 Å². The Morgan fingerprint density at radius 1 is 1.18 bits per heavy atom. The monoisotopic (exact) mass is 424 g/mol. The Bertz CT molecular complexity index is 887. The first-order valence-electron chi connectivity index (χ1n) is 9.26. The molecule has 0 unspecified atom stereocenters. The van der Waals surface area contributed by atoms with E-state index in [1.165, 1.54) is 10.9 Å². The minimum atomic E-state index is -0.150. The van der Waals surface area contributed by atoms with E-state index in [1.54, 1.807) is 6.20 Å². The lowest BCUT2D eigenvalue weighted by Crippen LogP contribution is -2.29. The highest BCUT2D eigenvalue weighted by atomic mass is 35.5. The van der Waals surface area contributed by atoms with E-state index in [1.807, 2.05) is 16.8 Å². The average Bonchev–Trinajstić information content (AvgIpc) is 3.33. The van der Waals surface area contributed by atoms with E-state index >= 15 is 0 Å². The van der Waals surface area contributed by atoms with Crippen LogP contribution in [-0.4, -0.2) is 45.1 Å². The molecule has 1 aromatic carbocycles. The molecule has 0 saturated carbocycles. The molecule has 1 aliphatic heterocycles. The van der Waals surface area contributed by atoms with Gasteiger partial charge in [-0.05, 0) is 49.9 Å². The minimum absolute atomic E-state index is 0. The summed E-state index contributed by atoms with van der Waals surface area (Å²) in [5.74, 6) is -0.150. The molecule has 1 amide bonds. The summed E-state index contributed by atoms with van der Waals surface area (Å²) in [4.78, 5) is 12.3. The number of aryl methyl sites for hydroxylation is 1. The van der Waals surface area contributed by atoms with Crippen molar-refractivity contribution in [2.24, 2.45) is 0 Å². The number of hydrogen-bond donors (Lipinski definition) is 2. The van der Waals surface area contributed by atoms with Gasteiger partial charge in [-0.3, -0.25) is 4.79 Å². The van der Waals surface area contributed by atoms with Crippen LogP contribution in [0.25, 0.3) is 10.9 Å². The Labute approximate surface area is 176 Å². The maximum atomic E-state index is 12.3. The maximum absolute atomic E-state index is 12.3. The number of hydrogen-bond acceptors (Lipinski definition) is 4. The number of fused-ring (bicyclic) bond motifs is 1. The van der Waals surface area contributed by atoms with Crippen LogP contribution in [0.3, 0.4) is 0 Å². The SMILES string of the molecule is Cl.Cl.O=C(NCCCn1ccc2ccccc21)c1cn(C2CCNCC2)nn1. The predicted molar refractivity (Wildman–Crippen MR) is 115 cm³/mol. The van der Waals surface area contributed by atoms with Crippen LogP contribution in [0.5, 0.6) is 0 Å². The fraction of sp³-hybridized carbons (Fsp3) is 0.421. The third-order valence-electron chi connectivity index (χ3n) is 4.97. The van der Waals surface area contributed by atoms with Crippen molar-refractivity contribution in [2.45, 2.75) is 31.8 Å². The molecule has 28 heavy (non-hydrogen) atoms. The van der Waals surface area contributed by atoms with Gasteiger partial charge in [0, 0.05) is 24.8 Å². The van der Waals surface area contributed by atoms with Crippen molar-refractivity contribution in [3.8, 4) is 0 Å². The second-order valence-corrected chi connectivity index (χ2v) is 6.74. The Hall–Kier alpha value is -2.09. The fourth-order valence-corrected chi connectivity index (χ4v) is 3.51. The Morgan fingerprint density at radius 3 is 2.79 bits per heavy atom. The molecule has 0 radical (unpaired) electrons. The number of piperidine rings is 1. The number of aromatic nitrogens is 4. The molecule has 1 fully saturated rings. The van der Waals surface area contributed by atoms with Crippen LogP contribution < -0.4 is 10.6 Å². The largest absolute Gasteiger partial charge is 0.351 e. The first kappa shape index (κ1) is 22.2. The third-order valence-corrected chi connectivity index (χ3v) is 4.97. The highest BCUT2D eigenvalue weighted by Crippen LogP contribution is 2.17. The van der Waals surface area contributed by atoms with Gasteiger partial charge in [-0.25, -0.2) is 4.68 Å². The molecule has 2 N–H and O–H groups in total. The Morgan fingerprint density at radius 2 is 1.96 bits per heavy atom. The maximum Gasteiger partial charge on any atom is 0.273 e. The Kier molecular flexibility index (Phi) is 8.29. The summed E-state index contributed by atoms with van der Waals surface area (Å²) in [6, 6.07) is 10.8. The molecule has 2 aromatic heterocycles. The molecule has 7 nitrogen and oxygen atoms in total. The third kappa shape index (κ3) is 5.04. The lowest BCUT2D eigenvalue weighted by molar-refractivity contribution is 0.0947. The number of carbonyl (C=O) groups is 1. The van der Waals surface area contributed by atoms with Crippen molar-refractivity contribution < 1.29 is 4.79 Å². The number of nitrogens with zero attached hydrogens (tertiary/aromatic N) is 4. The van der Waals surface area contributed by atoms with E-state index in [9.17, 15) is 4.79 Å². The van der Waals surface area contributed by atoms with Gasteiger partial charge in [-0.2, -0.15) is 0 Å². The van der Waals surface area contributed by atoms with Gasteiger partial charge in [-0.15, -0.1) is 29.9 Å². The van der Waals surface area contributed by atoms with E-state index in [-0.39, 0.29) is 30.7 Å². The summed E-state index contributed by atoms with van der Waals surface area (Å²) in [5, 5.41) is 15.7. The summed E-state index contributed by atoms with van der Waals surface area (Å²) >= 11 is 0. The van der Waals surface area contributed by atoms with E-state index in [0.29, 0.717) is 18.3 Å². The molecule has 0 atom stereocenters. The summed E-state index contributed by atoms with van der Waals surface area (Å²) in [6.07, 6.45) is 6.78. The number of para-hydroxylation sites is 1. The average molecular weight is 425 g/mol. The molecule has 152 valence electrons. The molecule has 0 bridgehead atoms. The van der Waals surface area contributed by atoms with Crippen molar-refractivity contribution in [2.75, 3.05) is 19.6 Å². The summed E-state index contributed by atoms with van der Waals surface area (Å²) in [7, 11) is 0. The molecule has 1 aliphatic rings. The molecule has 3 aromatic rings. The number of amides is 1. The summed E-state index contributed by atoms with van der Waals surface area (Å²) in [6.45, 7) is 3.46. The lowest BCUT2D eigenvalue weighted by atomic mass is 10.1.